The molecule has 1 heterocycles. The zero-order chi connectivity index (χ0) is 14.9. The van der Waals surface area contributed by atoms with Crippen LogP contribution in [0.5, 0.6) is 0 Å². The zero-order valence-corrected chi connectivity index (χ0v) is 13.6. The highest BCUT2D eigenvalue weighted by atomic mass is 15.0. The normalized spacial score (nSPS) is 24.1. The van der Waals surface area contributed by atoms with Crippen LogP contribution in [0.3, 0.4) is 0 Å². The fraction of sp³-hybridized carbons (Fsp3) is 0.765. The van der Waals surface area contributed by atoms with Gasteiger partial charge in [-0.05, 0) is 42.9 Å². The molecule has 2 rings (SSSR count). The second kappa shape index (κ2) is 5.71. The molecule has 1 aliphatic rings. The minimum Gasteiger partial charge on any atom is -0.384 e. The van der Waals surface area contributed by atoms with E-state index < -0.39 is 0 Å². The van der Waals surface area contributed by atoms with E-state index in [-0.39, 0.29) is 0 Å². The van der Waals surface area contributed by atoms with Crippen molar-refractivity contribution in [1.82, 2.24) is 9.97 Å². The first-order valence-electron chi connectivity index (χ1n) is 7.91. The van der Waals surface area contributed by atoms with Gasteiger partial charge in [0, 0.05) is 17.7 Å². The van der Waals surface area contributed by atoms with E-state index in [0.29, 0.717) is 23.1 Å². The van der Waals surface area contributed by atoms with E-state index in [1.54, 1.807) is 0 Å². The third-order valence-electron chi connectivity index (χ3n) is 4.69. The Hall–Kier alpha value is -1.12. The van der Waals surface area contributed by atoms with E-state index in [1.807, 2.05) is 6.07 Å². The topological polar surface area (TPSA) is 51.8 Å². The molecule has 0 radical (unpaired) electrons. The first-order valence-corrected chi connectivity index (χ1v) is 7.91. The van der Waals surface area contributed by atoms with E-state index >= 15 is 0 Å². The monoisotopic (exact) mass is 275 g/mol. The van der Waals surface area contributed by atoms with Crippen LogP contribution in [0, 0.1) is 11.3 Å². The van der Waals surface area contributed by atoms with Gasteiger partial charge in [-0.3, -0.25) is 0 Å². The molecule has 0 aromatic carbocycles. The Labute approximate surface area is 123 Å². The minimum atomic E-state index is 0.407. The van der Waals surface area contributed by atoms with Gasteiger partial charge in [0.2, 0.25) is 0 Å². The molecule has 0 aliphatic heterocycles. The number of hydrogen-bond acceptors (Lipinski definition) is 3. The molecule has 0 atom stereocenters. The quantitative estimate of drug-likeness (QED) is 0.864. The Kier molecular flexibility index (Phi) is 4.36. The summed E-state index contributed by atoms with van der Waals surface area (Å²) in [6.07, 6.45) is 4.96. The van der Waals surface area contributed by atoms with Crippen LogP contribution in [-0.2, 0) is 0 Å². The lowest BCUT2D eigenvalue weighted by molar-refractivity contribution is 0.167. The summed E-state index contributed by atoms with van der Waals surface area (Å²) in [5.74, 6) is 3.32. The van der Waals surface area contributed by atoms with Crippen molar-refractivity contribution in [2.24, 2.45) is 11.3 Å². The van der Waals surface area contributed by atoms with Gasteiger partial charge in [0.25, 0.3) is 0 Å². The Balaban J connectivity index is 2.11. The van der Waals surface area contributed by atoms with Gasteiger partial charge in [0.15, 0.2) is 0 Å². The molecule has 0 saturated heterocycles. The van der Waals surface area contributed by atoms with Gasteiger partial charge in [-0.2, -0.15) is 0 Å². The van der Waals surface area contributed by atoms with Crippen LogP contribution in [-0.4, -0.2) is 9.97 Å². The van der Waals surface area contributed by atoms with Gasteiger partial charge >= 0.3 is 0 Å². The van der Waals surface area contributed by atoms with E-state index in [0.717, 1.165) is 17.4 Å². The van der Waals surface area contributed by atoms with E-state index in [9.17, 15) is 0 Å². The van der Waals surface area contributed by atoms with Crippen molar-refractivity contribution in [3.05, 3.63) is 17.6 Å². The SMILES string of the molecule is CC(C)c1cc(N)nc(C2CCC(C(C)(C)C)CC2)n1. The summed E-state index contributed by atoms with van der Waals surface area (Å²) in [4.78, 5) is 9.25. The van der Waals surface area contributed by atoms with Crippen molar-refractivity contribution in [2.75, 3.05) is 5.73 Å². The van der Waals surface area contributed by atoms with E-state index in [4.69, 9.17) is 10.7 Å². The maximum Gasteiger partial charge on any atom is 0.134 e. The molecule has 3 heteroatoms. The number of nitrogens with two attached hydrogens (primary N) is 1. The van der Waals surface area contributed by atoms with Crippen molar-refractivity contribution in [1.29, 1.82) is 0 Å². The van der Waals surface area contributed by atoms with Crippen molar-refractivity contribution < 1.29 is 0 Å². The predicted octanol–water partition coefficient (Wildman–Crippen LogP) is 4.50. The zero-order valence-electron chi connectivity index (χ0n) is 13.6. The van der Waals surface area contributed by atoms with Crippen molar-refractivity contribution in [3.8, 4) is 0 Å². The predicted molar refractivity (Wildman–Crippen MR) is 84.7 cm³/mol. The molecule has 0 bridgehead atoms. The Morgan fingerprint density at radius 3 is 2.20 bits per heavy atom. The van der Waals surface area contributed by atoms with Crippen LogP contribution in [0.2, 0.25) is 0 Å². The van der Waals surface area contributed by atoms with Crippen LogP contribution in [0.25, 0.3) is 0 Å². The Morgan fingerprint density at radius 1 is 1.10 bits per heavy atom. The smallest absolute Gasteiger partial charge is 0.134 e. The molecule has 1 saturated carbocycles. The number of hydrogen-bond donors (Lipinski definition) is 1. The molecule has 20 heavy (non-hydrogen) atoms. The third-order valence-corrected chi connectivity index (χ3v) is 4.69. The van der Waals surface area contributed by atoms with Gasteiger partial charge in [-0.25, -0.2) is 9.97 Å². The molecule has 2 N–H and O–H groups in total. The lowest BCUT2D eigenvalue weighted by atomic mass is 9.69. The van der Waals surface area contributed by atoms with Crippen molar-refractivity contribution in [3.63, 3.8) is 0 Å². The van der Waals surface area contributed by atoms with Crippen LogP contribution in [0.15, 0.2) is 6.07 Å². The van der Waals surface area contributed by atoms with Crippen LogP contribution in [0.4, 0.5) is 5.82 Å². The highest BCUT2D eigenvalue weighted by Gasteiger charge is 2.31. The second-order valence-corrected chi connectivity index (χ2v) is 7.65. The molecule has 0 spiro atoms. The molecule has 1 fully saturated rings. The second-order valence-electron chi connectivity index (χ2n) is 7.65. The molecule has 0 amide bonds. The summed E-state index contributed by atoms with van der Waals surface area (Å²) in [6, 6.07) is 1.91. The van der Waals surface area contributed by atoms with E-state index in [2.05, 4.69) is 39.6 Å². The number of nitrogens with zero attached hydrogens (tertiary/aromatic N) is 2. The van der Waals surface area contributed by atoms with Crippen molar-refractivity contribution in [2.45, 2.75) is 72.1 Å². The summed E-state index contributed by atoms with van der Waals surface area (Å²) < 4.78 is 0. The highest BCUT2D eigenvalue weighted by Crippen LogP contribution is 2.42. The van der Waals surface area contributed by atoms with Gasteiger partial charge in [0.05, 0.1) is 0 Å². The average molecular weight is 275 g/mol. The number of nitrogen functional groups attached to an aromatic ring is 1. The Morgan fingerprint density at radius 2 is 1.70 bits per heavy atom. The van der Waals surface area contributed by atoms with Gasteiger partial charge in [-0.1, -0.05) is 34.6 Å². The largest absolute Gasteiger partial charge is 0.384 e. The Bertz CT molecular complexity index is 452. The average Bonchev–Trinajstić information content (AvgIpc) is 2.37. The summed E-state index contributed by atoms with van der Waals surface area (Å²) in [6.45, 7) is 11.4. The molecule has 0 unspecified atom stereocenters. The molecule has 1 aromatic heterocycles. The third kappa shape index (κ3) is 3.50. The van der Waals surface area contributed by atoms with Gasteiger partial charge in [-0.15, -0.1) is 0 Å². The summed E-state index contributed by atoms with van der Waals surface area (Å²) in [7, 11) is 0. The lowest BCUT2D eigenvalue weighted by Crippen LogP contribution is -2.26. The molecule has 112 valence electrons. The maximum atomic E-state index is 5.95. The van der Waals surface area contributed by atoms with Crippen LogP contribution >= 0.6 is 0 Å². The molecule has 3 nitrogen and oxygen atoms in total. The molecule has 1 aromatic rings. The van der Waals surface area contributed by atoms with Crippen LogP contribution < -0.4 is 5.73 Å². The number of rotatable bonds is 2. The van der Waals surface area contributed by atoms with Gasteiger partial charge in [0.1, 0.15) is 11.6 Å². The molecular formula is C17H29N3. The fourth-order valence-electron chi connectivity index (χ4n) is 3.20. The number of anilines is 1. The first-order chi connectivity index (χ1) is 9.27. The maximum absolute atomic E-state index is 5.95. The molecule has 1 aliphatic carbocycles. The first kappa shape index (κ1) is 15.3. The summed E-state index contributed by atoms with van der Waals surface area (Å²) >= 11 is 0. The lowest BCUT2D eigenvalue weighted by Gasteiger charge is -2.36. The minimum absolute atomic E-state index is 0.407. The summed E-state index contributed by atoms with van der Waals surface area (Å²) in [5, 5.41) is 0. The van der Waals surface area contributed by atoms with E-state index in [1.165, 1.54) is 25.7 Å². The molecular weight excluding hydrogens is 246 g/mol. The standard InChI is InChI=1S/C17H29N3/c1-11(2)14-10-15(18)20-16(19-14)12-6-8-13(9-7-12)17(3,4)5/h10-13H,6-9H2,1-5H3,(H2,18,19,20). The fourth-order valence-corrected chi connectivity index (χ4v) is 3.20. The number of aromatic nitrogens is 2. The van der Waals surface area contributed by atoms with Crippen molar-refractivity contribution >= 4 is 5.82 Å². The van der Waals surface area contributed by atoms with Gasteiger partial charge < -0.3 is 5.73 Å². The highest BCUT2D eigenvalue weighted by molar-refractivity contribution is 5.31. The van der Waals surface area contributed by atoms with Crippen LogP contribution in [0.1, 0.15) is 83.7 Å². The summed E-state index contributed by atoms with van der Waals surface area (Å²) in [5.41, 5.74) is 7.45.